The van der Waals surface area contributed by atoms with E-state index in [9.17, 15) is 9.59 Å². The number of hydrogen-bond donors (Lipinski definition) is 0. The van der Waals surface area contributed by atoms with Gasteiger partial charge in [0.25, 0.3) is 5.56 Å². The molecule has 2 heterocycles. The topological polar surface area (TPSA) is 58.4 Å². The molecule has 0 aliphatic carbocycles. The minimum Gasteiger partial charge on any atom is -0.368 e. The molecule has 4 rings (SSSR count). The van der Waals surface area contributed by atoms with Gasteiger partial charge in [0.05, 0.1) is 5.69 Å². The van der Waals surface area contributed by atoms with Crippen molar-refractivity contribution in [2.45, 2.75) is 19.9 Å². The third-order valence-corrected chi connectivity index (χ3v) is 5.85. The second kappa shape index (κ2) is 9.35. The highest BCUT2D eigenvalue weighted by Crippen LogP contribution is 2.21. The monoisotopic (exact) mass is 436 g/mol. The predicted octanol–water partition coefficient (Wildman–Crippen LogP) is 3.47. The maximum atomic E-state index is 12.8. The second-order valence-electron chi connectivity index (χ2n) is 7.61. The van der Waals surface area contributed by atoms with E-state index in [2.05, 4.69) is 29.1 Å². The van der Waals surface area contributed by atoms with Crippen LogP contribution in [0.15, 0.2) is 65.5 Å². The van der Waals surface area contributed by atoms with Crippen LogP contribution in [-0.4, -0.2) is 46.8 Å². The first-order chi connectivity index (χ1) is 15.0. The fourth-order valence-electron chi connectivity index (χ4n) is 3.74. The van der Waals surface area contributed by atoms with Gasteiger partial charge in [-0.2, -0.15) is 5.10 Å². The Morgan fingerprint density at radius 1 is 1.00 bits per heavy atom. The molecule has 1 aromatic heterocycles. The Labute approximate surface area is 186 Å². The highest BCUT2D eigenvalue weighted by Gasteiger charge is 2.22. The Hall–Kier alpha value is -3.12. The Morgan fingerprint density at radius 2 is 1.74 bits per heavy atom. The molecular formula is C24H25ClN4O2. The zero-order valence-corrected chi connectivity index (χ0v) is 18.3. The van der Waals surface area contributed by atoms with Crippen LogP contribution in [0, 0.1) is 0 Å². The third kappa shape index (κ3) is 4.97. The lowest BCUT2D eigenvalue weighted by Gasteiger charge is -2.36. The van der Waals surface area contributed by atoms with Crippen LogP contribution in [0.25, 0.3) is 11.3 Å². The van der Waals surface area contributed by atoms with Gasteiger partial charge in [-0.15, -0.1) is 0 Å². The fraction of sp³-hybridized carbons (Fsp3) is 0.292. The summed E-state index contributed by atoms with van der Waals surface area (Å²) in [5, 5.41) is 5.14. The first kappa shape index (κ1) is 21.1. The second-order valence-corrected chi connectivity index (χ2v) is 8.05. The van der Waals surface area contributed by atoms with Gasteiger partial charge in [0, 0.05) is 48.5 Å². The van der Waals surface area contributed by atoms with Gasteiger partial charge < -0.3 is 9.80 Å². The van der Waals surface area contributed by atoms with Crippen LogP contribution in [0.3, 0.4) is 0 Å². The Morgan fingerprint density at radius 3 is 2.42 bits per heavy atom. The number of hydrogen-bond acceptors (Lipinski definition) is 4. The Balaban J connectivity index is 1.42. The van der Waals surface area contributed by atoms with Gasteiger partial charge in [-0.3, -0.25) is 9.59 Å². The van der Waals surface area contributed by atoms with Crippen molar-refractivity contribution in [1.29, 1.82) is 0 Å². The van der Waals surface area contributed by atoms with Gasteiger partial charge in [-0.25, -0.2) is 4.68 Å². The van der Waals surface area contributed by atoms with E-state index >= 15 is 0 Å². The summed E-state index contributed by atoms with van der Waals surface area (Å²) in [5.74, 6) is -0.0983. The molecule has 0 N–H and O–H groups in total. The summed E-state index contributed by atoms with van der Waals surface area (Å²) in [4.78, 5) is 29.1. The lowest BCUT2D eigenvalue weighted by Crippen LogP contribution is -2.50. The van der Waals surface area contributed by atoms with Gasteiger partial charge in [0.1, 0.15) is 6.54 Å². The number of piperazine rings is 1. The van der Waals surface area contributed by atoms with E-state index in [-0.39, 0.29) is 18.0 Å². The zero-order chi connectivity index (χ0) is 21.8. The van der Waals surface area contributed by atoms with Crippen molar-refractivity contribution in [2.75, 3.05) is 31.1 Å². The number of nitrogens with zero attached hydrogens (tertiary/aromatic N) is 4. The van der Waals surface area contributed by atoms with E-state index in [0.717, 1.165) is 30.8 Å². The van der Waals surface area contributed by atoms with E-state index in [1.165, 1.54) is 16.3 Å². The standard InChI is InChI=1S/C24H25ClN4O2/c1-2-18-6-8-19(9-7-18)22-10-11-23(30)29(26-22)17-24(31)28-14-12-27(13-15-28)21-5-3-4-20(25)16-21/h3-11,16H,2,12-15,17H2,1H3. The van der Waals surface area contributed by atoms with Crippen LogP contribution in [-0.2, 0) is 17.8 Å². The molecule has 31 heavy (non-hydrogen) atoms. The summed E-state index contributed by atoms with van der Waals surface area (Å²) >= 11 is 6.09. The highest BCUT2D eigenvalue weighted by atomic mass is 35.5. The average molecular weight is 437 g/mol. The number of halogens is 1. The molecule has 1 amide bonds. The SMILES string of the molecule is CCc1ccc(-c2ccc(=O)n(CC(=O)N3CCN(c4cccc(Cl)c4)CC3)n2)cc1. The molecule has 2 aromatic carbocycles. The van der Waals surface area contributed by atoms with Gasteiger partial charge in [-0.05, 0) is 36.2 Å². The van der Waals surface area contributed by atoms with Crippen molar-refractivity contribution in [3.05, 3.63) is 81.6 Å². The summed E-state index contributed by atoms with van der Waals surface area (Å²) in [6, 6.07) is 19.0. The molecule has 1 aliphatic heterocycles. The molecule has 0 bridgehead atoms. The summed E-state index contributed by atoms with van der Waals surface area (Å²) in [6.07, 6.45) is 0.965. The van der Waals surface area contributed by atoms with Crippen molar-refractivity contribution in [3.8, 4) is 11.3 Å². The molecule has 160 valence electrons. The van der Waals surface area contributed by atoms with Crippen molar-refractivity contribution < 1.29 is 4.79 Å². The minimum atomic E-state index is -0.278. The normalized spacial score (nSPS) is 14.0. The Kier molecular flexibility index (Phi) is 6.37. The fourth-order valence-corrected chi connectivity index (χ4v) is 3.93. The van der Waals surface area contributed by atoms with Crippen LogP contribution in [0.2, 0.25) is 5.02 Å². The summed E-state index contributed by atoms with van der Waals surface area (Å²) in [6.45, 7) is 4.68. The van der Waals surface area contributed by atoms with Crippen molar-refractivity contribution in [2.24, 2.45) is 0 Å². The van der Waals surface area contributed by atoms with Crippen molar-refractivity contribution in [1.82, 2.24) is 14.7 Å². The van der Waals surface area contributed by atoms with Crippen molar-refractivity contribution >= 4 is 23.2 Å². The van der Waals surface area contributed by atoms with Crippen molar-refractivity contribution in [3.63, 3.8) is 0 Å². The summed E-state index contributed by atoms with van der Waals surface area (Å²) < 4.78 is 1.26. The summed E-state index contributed by atoms with van der Waals surface area (Å²) in [7, 11) is 0. The molecule has 1 fully saturated rings. The van der Waals surface area contributed by atoms with E-state index in [1.807, 2.05) is 36.4 Å². The molecular weight excluding hydrogens is 412 g/mol. The smallest absolute Gasteiger partial charge is 0.267 e. The quantitative estimate of drug-likeness (QED) is 0.614. The number of carbonyl (C=O) groups is 1. The Bertz CT molecular complexity index is 1120. The van der Waals surface area contributed by atoms with Gasteiger partial charge >= 0.3 is 0 Å². The van der Waals surface area contributed by atoms with Crippen LogP contribution >= 0.6 is 11.6 Å². The molecule has 6 nitrogen and oxygen atoms in total. The number of benzene rings is 2. The molecule has 1 aliphatic rings. The highest BCUT2D eigenvalue weighted by molar-refractivity contribution is 6.30. The van der Waals surface area contributed by atoms with E-state index in [0.29, 0.717) is 23.8 Å². The maximum Gasteiger partial charge on any atom is 0.267 e. The zero-order valence-electron chi connectivity index (χ0n) is 17.5. The van der Waals surface area contributed by atoms with Gasteiger partial charge in [0.15, 0.2) is 0 Å². The lowest BCUT2D eigenvalue weighted by molar-refractivity contribution is -0.132. The molecule has 3 aromatic rings. The molecule has 0 atom stereocenters. The number of anilines is 1. The lowest BCUT2D eigenvalue weighted by atomic mass is 10.1. The number of aromatic nitrogens is 2. The van der Waals surface area contributed by atoms with Gasteiger partial charge in [-0.1, -0.05) is 48.9 Å². The maximum absolute atomic E-state index is 12.8. The number of aryl methyl sites for hydroxylation is 1. The number of rotatable bonds is 5. The molecule has 0 unspecified atom stereocenters. The van der Waals surface area contributed by atoms with E-state index in [1.54, 1.807) is 11.0 Å². The largest absolute Gasteiger partial charge is 0.368 e. The first-order valence-corrected chi connectivity index (χ1v) is 10.9. The van der Waals surface area contributed by atoms with Gasteiger partial charge in [0.2, 0.25) is 5.91 Å². The van der Waals surface area contributed by atoms with E-state index in [4.69, 9.17) is 11.6 Å². The number of amides is 1. The van der Waals surface area contributed by atoms with Crippen LogP contribution < -0.4 is 10.5 Å². The van der Waals surface area contributed by atoms with Crippen LogP contribution in [0.5, 0.6) is 0 Å². The molecule has 1 saturated heterocycles. The molecule has 0 radical (unpaired) electrons. The number of carbonyl (C=O) groups excluding carboxylic acids is 1. The summed E-state index contributed by atoms with van der Waals surface area (Å²) in [5.41, 5.74) is 3.62. The van der Waals surface area contributed by atoms with Crippen LogP contribution in [0.1, 0.15) is 12.5 Å². The molecule has 0 spiro atoms. The average Bonchev–Trinajstić information content (AvgIpc) is 2.80. The predicted molar refractivity (Wildman–Crippen MR) is 124 cm³/mol. The molecule has 0 saturated carbocycles. The third-order valence-electron chi connectivity index (χ3n) is 5.62. The first-order valence-electron chi connectivity index (χ1n) is 10.5. The van der Waals surface area contributed by atoms with Crippen LogP contribution in [0.4, 0.5) is 5.69 Å². The minimum absolute atomic E-state index is 0.0586. The van der Waals surface area contributed by atoms with E-state index < -0.39 is 0 Å². The molecule has 7 heteroatoms.